The number of aromatic nitrogens is 5. The predicted molar refractivity (Wildman–Crippen MR) is 67.3 cm³/mol. The van der Waals surface area contributed by atoms with Crippen molar-refractivity contribution in [3.05, 3.63) is 29.0 Å². The zero-order chi connectivity index (χ0) is 12.0. The zero-order valence-electron chi connectivity index (χ0n) is 9.00. The molecule has 0 spiro atoms. The average molecular weight is 293 g/mol. The molecule has 0 aliphatic rings. The molecule has 0 aliphatic carbocycles. The fraction of sp³-hybridized carbons (Fsp3) is 0.100. The second-order valence-electron chi connectivity index (χ2n) is 3.67. The van der Waals surface area contributed by atoms with Crippen molar-refractivity contribution >= 4 is 27.4 Å². The fourth-order valence-electron chi connectivity index (χ4n) is 1.67. The van der Waals surface area contributed by atoms with Gasteiger partial charge in [0.15, 0.2) is 11.5 Å². The molecule has 0 fully saturated rings. The van der Waals surface area contributed by atoms with E-state index in [4.69, 9.17) is 5.73 Å². The van der Waals surface area contributed by atoms with Crippen molar-refractivity contribution in [3.8, 4) is 11.4 Å². The Morgan fingerprint density at radius 1 is 1.29 bits per heavy atom. The molecule has 17 heavy (non-hydrogen) atoms. The number of fused-ring (bicyclic) bond motifs is 1. The summed E-state index contributed by atoms with van der Waals surface area (Å²) < 4.78 is 4.43. The Balaban J connectivity index is 2.31. The minimum Gasteiger partial charge on any atom is -0.383 e. The van der Waals surface area contributed by atoms with Crippen LogP contribution in [-0.2, 0) is 7.05 Å². The predicted octanol–water partition coefficient (Wildman–Crippen LogP) is 1.47. The molecule has 7 heteroatoms. The monoisotopic (exact) mass is 292 g/mol. The SMILES string of the molecule is Cn1ncc(-c2nnc3ccc(Br)cn23)c1N. The third-order valence-corrected chi connectivity index (χ3v) is 3.06. The summed E-state index contributed by atoms with van der Waals surface area (Å²) >= 11 is 3.42. The van der Waals surface area contributed by atoms with Crippen LogP contribution in [0.2, 0.25) is 0 Å². The lowest BCUT2D eigenvalue weighted by atomic mass is 10.3. The van der Waals surface area contributed by atoms with Gasteiger partial charge in [0.25, 0.3) is 0 Å². The number of hydrogen-bond acceptors (Lipinski definition) is 4. The van der Waals surface area contributed by atoms with Gasteiger partial charge in [0.05, 0.1) is 11.8 Å². The van der Waals surface area contributed by atoms with E-state index in [9.17, 15) is 0 Å². The highest BCUT2D eigenvalue weighted by Gasteiger charge is 2.14. The number of hydrogen-bond donors (Lipinski definition) is 1. The van der Waals surface area contributed by atoms with Crippen LogP contribution in [-0.4, -0.2) is 24.4 Å². The summed E-state index contributed by atoms with van der Waals surface area (Å²) in [7, 11) is 1.79. The van der Waals surface area contributed by atoms with Crippen LogP contribution in [0, 0.1) is 0 Å². The van der Waals surface area contributed by atoms with Gasteiger partial charge in [0.1, 0.15) is 5.82 Å². The summed E-state index contributed by atoms with van der Waals surface area (Å²) in [4.78, 5) is 0. The molecule has 6 nitrogen and oxygen atoms in total. The van der Waals surface area contributed by atoms with Crippen LogP contribution in [0.5, 0.6) is 0 Å². The minimum atomic E-state index is 0.569. The van der Waals surface area contributed by atoms with E-state index in [-0.39, 0.29) is 0 Å². The Labute approximate surface area is 105 Å². The molecule has 0 amide bonds. The fourth-order valence-corrected chi connectivity index (χ4v) is 2.00. The third kappa shape index (κ3) is 1.50. The van der Waals surface area contributed by atoms with Crippen LogP contribution < -0.4 is 5.73 Å². The molecule has 0 saturated heterocycles. The van der Waals surface area contributed by atoms with Gasteiger partial charge >= 0.3 is 0 Å². The van der Waals surface area contributed by atoms with Gasteiger partial charge in [0, 0.05) is 17.7 Å². The zero-order valence-corrected chi connectivity index (χ0v) is 10.6. The van der Waals surface area contributed by atoms with Gasteiger partial charge in [-0.15, -0.1) is 10.2 Å². The number of anilines is 1. The second kappa shape index (κ2) is 3.56. The molecule has 3 aromatic heterocycles. The molecule has 3 rings (SSSR count). The standard InChI is InChI=1S/C10H9BrN6/c1-16-9(12)7(4-13-16)10-15-14-8-3-2-6(11)5-17(8)10/h2-5H,12H2,1H3. The van der Waals surface area contributed by atoms with E-state index in [1.54, 1.807) is 17.9 Å². The smallest absolute Gasteiger partial charge is 0.173 e. The summed E-state index contributed by atoms with van der Waals surface area (Å²) in [5, 5.41) is 12.3. The summed E-state index contributed by atoms with van der Waals surface area (Å²) in [5.41, 5.74) is 7.48. The van der Waals surface area contributed by atoms with Crippen LogP contribution in [0.1, 0.15) is 0 Å². The molecule has 0 unspecified atom stereocenters. The van der Waals surface area contributed by atoms with E-state index < -0.39 is 0 Å². The summed E-state index contributed by atoms with van der Waals surface area (Å²) in [5.74, 6) is 1.26. The number of aryl methyl sites for hydroxylation is 1. The number of rotatable bonds is 1. The van der Waals surface area contributed by atoms with Crippen LogP contribution in [0.15, 0.2) is 29.0 Å². The normalized spacial score (nSPS) is 11.2. The molecule has 0 radical (unpaired) electrons. The van der Waals surface area contributed by atoms with Crippen molar-refractivity contribution in [1.29, 1.82) is 0 Å². The Hall–Kier alpha value is -1.89. The van der Waals surface area contributed by atoms with Crippen LogP contribution >= 0.6 is 15.9 Å². The first kappa shape index (κ1) is 10.3. The maximum absolute atomic E-state index is 5.93. The van der Waals surface area contributed by atoms with Crippen molar-refractivity contribution in [2.75, 3.05) is 5.73 Å². The highest BCUT2D eigenvalue weighted by Crippen LogP contribution is 2.24. The molecule has 3 heterocycles. The second-order valence-corrected chi connectivity index (χ2v) is 4.58. The molecule has 2 N–H and O–H groups in total. The molecule has 3 aromatic rings. The maximum Gasteiger partial charge on any atom is 0.173 e. The highest BCUT2D eigenvalue weighted by atomic mass is 79.9. The van der Waals surface area contributed by atoms with E-state index >= 15 is 0 Å². The summed E-state index contributed by atoms with van der Waals surface area (Å²) in [6.07, 6.45) is 3.59. The summed E-state index contributed by atoms with van der Waals surface area (Å²) in [6.45, 7) is 0. The molecule has 0 aromatic carbocycles. The largest absolute Gasteiger partial charge is 0.383 e. The topological polar surface area (TPSA) is 74.0 Å². The van der Waals surface area contributed by atoms with Crippen LogP contribution in [0.3, 0.4) is 0 Å². The van der Waals surface area contributed by atoms with Crippen molar-refractivity contribution in [2.45, 2.75) is 0 Å². The van der Waals surface area contributed by atoms with Crippen molar-refractivity contribution in [1.82, 2.24) is 24.4 Å². The van der Waals surface area contributed by atoms with Crippen molar-refractivity contribution < 1.29 is 0 Å². The van der Waals surface area contributed by atoms with Gasteiger partial charge in [0.2, 0.25) is 0 Å². The van der Waals surface area contributed by atoms with Gasteiger partial charge in [-0.1, -0.05) is 0 Å². The van der Waals surface area contributed by atoms with Crippen LogP contribution in [0.4, 0.5) is 5.82 Å². The van der Waals surface area contributed by atoms with E-state index in [1.807, 2.05) is 22.7 Å². The molecule has 86 valence electrons. The lowest BCUT2D eigenvalue weighted by Crippen LogP contribution is -1.99. The average Bonchev–Trinajstić information content (AvgIpc) is 2.84. The first-order valence-corrected chi connectivity index (χ1v) is 5.74. The Kier molecular flexibility index (Phi) is 2.15. The quantitative estimate of drug-likeness (QED) is 0.737. The summed E-state index contributed by atoms with van der Waals surface area (Å²) in [6, 6.07) is 3.80. The Morgan fingerprint density at radius 2 is 2.12 bits per heavy atom. The number of nitrogen functional groups attached to an aromatic ring is 1. The molecule has 0 aliphatic heterocycles. The molecule has 0 atom stereocenters. The third-order valence-electron chi connectivity index (χ3n) is 2.59. The highest BCUT2D eigenvalue weighted by molar-refractivity contribution is 9.10. The van der Waals surface area contributed by atoms with E-state index in [2.05, 4.69) is 31.2 Å². The first-order valence-electron chi connectivity index (χ1n) is 4.95. The number of pyridine rings is 1. The Morgan fingerprint density at radius 3 is 2.82 bits per heavy atom. The Bertz CT molecular complexity index is 698. The number of halogens is 1. The molecule has 0 bridgehead atoms. The lowest BCUT2D eigenvalue weighted by molar-refractivity contribution is 0.779. The van der Waals surface area contributed by atoms with Crippen molar-refractivity contribution in [3.63, 3.8) is 0 Å². The molecular formula is C10H9BrN6. The van der Waals surface area contributed by atoms with Gasteiger partial charge in [-0.05, 0) is 28.1 Å². The van der Waals surface area contributed by atoms with Crippen LogP contribution in [0.25, 0.3) is 17.0 Å². The molecule has 0 saturated carbocycles. The van der Waals surface area contributed by atoms with E-state index in [0.717, 1.165) is 15.7 Å². The first-order chi connectivity index (χ1) is 8.16. The minimum absolute atomic E-state index is 0.569. The van der Waals surface area contributed by atoms with Gasteiger partial charge in [-0.2, -0.15) is 5.10 Å². The van der Waals surface area contributed by atoms with E-state index in [1.165, 1.54) is 0 Å². The van der Waals surface area contributed by atoms with Crippen molar-refractivity contribution in [2.24, 2.45) is 7.05 Å². The molecular weight excluding hydrogens is 284 g/mol. The number of nitrogens with zero attached hydrogens (tertiary/aromatic N) is 5. The number of nitrogens with two attached hydrogens (primary N) is 1. The van der Waals surface area contributed by atoms with Gasteiger partial charge < -0.3 is 5.73 Å². The van der Waals surface area contributed by atoms with Gasteiger partial charge in [-0.3, -0.25) is 9.08 Å². The van der Waals surface area contributed by atoms with Gasteiger partial charge in [-0.25, -0.2) is 0 Å². The maximum atomic E-state index is 5.93. The van der Waals surface area contributed by atoms with E-state index in [0.29, 0.717) is 11.6 Å². The lowest BCUT2D eigenvalue weighted by Gasteiger charge is -1.99.